The van der Waals surface area contributed by atoms with Crippen LogP contribution in [0, 0.1) is 0 Å². The Labute approximate surface area is 177 Å². The van der Waals surface area contributed by atoms with E-state index >= 15 is 0 Å². The summed E-state index contributed by atoms with van der Waals surface area (Å²) >= 11 is 5.87. The molecule has 0 saturated carbocycles. The van der Waals surface area contributed by atoms with Gasteiger partial charge in [0.15, 0.2) is 0 Å². The maximum absolute atomic E-state index is 12.9. The summed E-state index contributed by atoms with van der Waals surface area (Å²) in [5, 5.41) is 0.471. The van der Waals surface area contributed by atoms with Crippen LogP contribution in [0.5, 0.6) is 5.75 Å². The van der Waals surface area contributed by atoms with Gasteiger partial charge < -0.3 is 9.64 Å². The van der Waals surface area contributed by atoms with Crippen molar-refractivity contribution in [1.29, 1.82) is 0 Å². The molecule has 6 nitrogen and oxygen atoms in total. The lowest BCUT2D eigenvalue weighted by atomic mass is 10.1. The van der Waals surface area contributed by atoms with Crippen LogP contribution in [0.2, 0.25) is 5.02 Å². The maximum Gasteiger partial charge on any atom is 0.253 e. The summed E-state index contributed by atoms with van der Waals surface area (Å²) in [6.45, 7) is 3.90. The average molecular weight is 437 g/mol. The molecule has 0 atom stereocenters. The van der Waals surface area contributed by atoms with Gasteiger partial charge in [-0.1, -0.05) is 11.6 Å². The molecule has 0 unspecified atom stereocenters. The number of carbonyl (C=O) groups is 1. The Morgan fingerprint density at radius 1 is 1.14 bits per heavy atom. The van der Waals surface area contributed by atoms with Crippen LogP contribution in [0.4, 0.5) is 0 Å². The molecule has 156 valence electrons. The van der Waals surface area contributed by atoms with Gasteiger partial charge in [0.25, 0.3) is 5.91 Å². The Morgan fingerprint density at radius 2 is 1.79 bits per heavy atom. The molecule has 1 amide bonds. The predicted molar refractivity (Wildman–Crippen MR) is 113 cm³/mol. The monoisotopic (exact) mass is 436 g/mol. The van der Waals surface area contributed by atoms with E-state index in [1.165, 1.54) is 23.5 Å². The molecule has 1 aliphatic heterocycles. The Bertz CT molecular complexity index is 971. The van der Waals surface area contributed by atoms with Crippen molar-refractivity contribution in [3.8, 4) is 5.75 Å². The zero-order valence-corrected chi connectivity index (χ0v) is 18.2. The molecule has 1 aliphatic rings. The zero-order valence-electron chi connectivity index (χ0n) is 16.6. The van der Waals surface area contributed by atoms with Crippen LogP contribution in [0.15, 0.2) is 47.4 Å². The molecule has 1 heterocycles. The molecule has 0 aromatic heterocycles. The summed E-state index contributed by atoms with van der Waals surface area (Å²) in [5.41, 5.74) is 1.19. The predicted octanol–water partition coefficient (Wildman–Crippen LogP) is 3.80. The Hall–Kier alpha value is -2.09. The number of amides is 1. The smallest absolute Gasteiger partial charge is 0.253 e. The lowest BCUT2D eigenvalue weighted by Gasteiger charge is -2.21. The van der Waals surface area contributed by atoms with Crippen molar-refractivity contribution < 1.29 is 17.9 Å². The zero-order chi connectivity index (χ0) is 21.0. The number of benzene rings is 2. The SMILES string of the molecule is CCOc1ccc(C(=O)N2CCCC2)cc1CN(C)S(=O)(=O)c1ccc(Cl)cc1. The first-order valence-corrected chi connectivity index (χ1v) is 11.4. The van der Waals surface area contributed by atoms with Gasteiger partial charge in [0.2, 0.25) is 10.0 Å². The van der Waals surface area contributed by atoms with Crippen LogP contribution in [0.1, 0.15) is 35.7 Å². The van der Waals surface area contributed by atoms with Gasteiger partial charge in [-0.25, -0.2) is 8.42 Å². The molecule has 1 fully saturated rings. The highest BCUT2D eigenvalue weighted by Gasteiger charge is 2.24. The number of likely N-dealkylation sites (tertiary alicyclic amines) is 1. The third-order valence-corrected chi connectivity index (χ3v) is 6.98. The molecule has 8 heteroatoms. The molecule has 1 saturated heterocycles. The summed E-state index contributed by atoms with van der Waals surface area (Å²) in [4.78, 5) is 14.7. The number of sulfonamides is 1. The average Bonchev–Trinajstić information content (AvgIpc) is 3.24. The van der Waals surface area contributed by atoms with E-state index in [9.17, 15) is 13.2 Å². The number of rotatable bonds is 7. The third kappa shape index (κ3) is 4.91. The molecule has 0 N–H and O–H groups in total. The molecule has 0 radical (unpaired) electrons. The molecule has 3 rings (SSSR count). The molecular formula is C21H25ClN2O4S. The first-order valence-electron chi connectivity index (χ1n) is 9.60. The van der Waals surface area contributed by atoms with Crippen LogP contribution in [0.3, 0.4) is 0 Å². The van der Waals surface area contributed by atoms with Gasteiger partial charge in [-0.2, -0.15) is 4.31 Å². The van der Waals surface area contributed by atoms with E-state index in [1.54, 1.807) is 30.3 Å². The lowest BCUT2D eigenvalue weighted by Crippen LogP contribution is -2.29. The standard InChI is InChI=1S/C21H25ClN2O4S/c1-3-28-20-11-6-16(21(25)24-12-4-5-13-24)14-17(20)15-23(2)29(26,27)19-9-7-18(22)8-10-19/h6-11,14H,3-5,12-13,15H2,1-2H3. The summed E-state index contributed by atoms with van der Waals surface area (Å²) in [5.74, 6) is 0.540. The van der Waals surface area contributed by atoms with Crippen molar-refractivity contribution in [3.63, 3.8) is 0 Å². The summed E-state index contributed by atoms with van der Waals surface area (Å²) in [6, 6.07) is 11.3. The van der Waals surface area contributed by atoms with Crippen molar-refractivity contribution in [2.24, 2.45) is 0 Å². The summed E-state index contributed by atoms with van der Waals surface area (Å²) in [7, 11) is -2.20. The highest BCUT2D eigenvalue weighted by atomic mass is 35.5. The van der Waals surface area contributed by atoms with Crippen molar-refractivity contribution in [2.45, 2.75) is 31.2 Å². The van der Waals surface area contributed by atoms with Gasteiger partial charge in [-0.15, -0.1) is 0 Å². The Morgan fingerprint density at radius 3 is 2.41 bits per heavy atom. The Kier molecular flexibility index (Phi) is 6.82. The maximum atomic E-state index is 12.9. The van der Waals surface area contributed by atoms with E-state index in [2.05, 4.69) is 0 Å². The molecular weight excluding hydrogens is 412 g/mol. The van der Waals surface area contributed by atoms with Gasteiger partial charge >= 0.3 is 0 Å². The van der Waals surface area contributed by atoms with Crippen molar-refractivity contribution >= 4 is 27.5 Å². The summed E-state index contributed by atoms with van der Waals surface area (Å²) < 4.78 is 32.7. The third-order valence-electron chi connectivity index (χ3n) is 4.92. The van der Waals surface area contributed by atoms with E-state index in [0.29, 0.717) is 28.5 Å². The summed E-state index contributed by atoms with van der Waals surface area (Å²) in [6.07, 6.45) is 2.02. The molecule has 0 spiro atoms. The van der Waals surface area contributed by atoms with Crippen LogP contribution in [0.25, 0.3) is 0 Å². The Balaban J connectivity index is 1.88. The molecule has 2 aromatic rings. The number of nitrogens with zero attached hydrogens (tertiary/aromatic N) is 2. The van der Waals surface area contributed by atoms with E-state index in [1.807, 2.05) is 11.8 Å². The minimum atomic E-state index is -3.71. The van der Waals surface area contributed by atoms with Crippen molar-refractivity contribution in [1.82, 2.24) is 9.21 Å². The fourth-order valence-electron chi connectivity index (χ4n) is 3.35. The number of halogens is 1. The number of hydrogen-bond acceptors (Lipinski definition) is 4. The molecule has 29 heavy (non-hydrogen) atoms. The quantitative estimate of drug-likeness (QED) is 0.662. The fraction of sp³-hybridized carbons (Fsp3) is 0.381. The van der Waals surface area contributed by atoms with Gasteiger partial charge in [-0.3, -0.25) is 4.79 Å². The molecule has 0 aliphatic carbocycles. The molecule has 0 bridgehead atoms. The van der Waals surface area contributed by atoms with Crippen LogP contribution >= 0.6 is 11.6 Å². The van der Waals surface area contributed by atoms with E-state index in [-0.39, 0.29) is 17.3 Å². The van der Waals surface area contributed by atoms with Gasteiger partial charge in [0.05, 0.1) is 11.5 Å². The second-order valence-corrected chi connectivity index (χ2v) is 9.45. The lowest BCUT2D eigenvalue weighted by molar-refractivity contribution is 0.0792. The van der Waals surface area contributed by atoms with Crippen LogP contribution in [-0.2, 0) is 16.6 Å². The van der Waals surface area contributed by atoms with E-state index in [0.717, 1.165) is 25.9 Å². The fourth-order valence-corrected chi connectivity index (χ4v) is 4.62. The normalized spacial score (nSPS) is 14.4. The van der Waals surface area contributed by atoms with Crippen molar-refractivity contribution in [2.75, 3.05) is 26.7 Å². The van der Waals surface area contributed by atoms with Gasteiger partial charge in [-0.05, 0) is 62.2 Å². The highest BCUT2D eigenvalue weighted by molar-refractivity contribution is 7.89. The second-order valence-electron chi connectivity index (χ2n) is 6.97. The number of carbonyl (C=O) groups excluding carboxylic acids is 1. The second kappa shape index (κ2) is 9.15. The van der Waals surface area contributed by atoms with E-state index in [4.69, 9.17) is 16.3 Å². The van der Waals surface area contributed by atoms with Gasteiger partial charge in [0, 0.05) is 42.8 Å². The minimum Gasteiger partial charge on any atom is -0.494 e. The van der Waals surface area contributed by atoms with Crippen molar-refractivity contribution in [3.05, 3.63) is 58.6 Å². The number of ether oxygens (including phenoxy) is 1. The topological polar surface area (TPSA) is 66.9 Å². The largest absolute Gasteiger partial charge is 0.494 e. The van der Waals surface area contributed by atoms with Crippen LogP contribution < -0.4 is 4.74 Å². The highest BCUT2D eigenvalue weighted by Crippen LogP contribution is 2.26. The van der Waals surface area contributed by atoms with Crippen LogP contribution in [-0.4, -0.2) is 50.3 Å². The first-order chi connectivity index (χ1) is 13.8. The molecule has 2 aromatic carbocycles. The van der Waals surface area contributed by atoms with E-state index < -0.39 is 10.0 Å². The first kappa shape index (κ1) is 21.6. The van der Waals surface area contributed by atoms with Gasteiger partial charge in [0.1, 0.15) is 5.75 Å². The number of hydrogen-bond donors (Lipinski definition) is 0. The minimum absolute atomic E-state index is 0.0324.